The second-order valence-corrected chi connectivity index (χ2v) is 6.11. The fraction of sp³-hybridized carbons (Fsp3) is 0.0588. The Morgan fingerprint density at radius 1 is 1.15 bits per heavy atom. The maximum Gasteiger partial charge on any atom is 0.416 e. The zero-order valence-corrected chi connectivity index (χ0v) is 14.5. The van der Waals surface area contributed by atoms with Crippen LogP contribution in [0.3, 0.4) is 0 Å². The van der Waals surface area contributed by atoms with Crippen LogP contribution in [-0.2, 0) is 6.18 Å². The van der Waals surface area contributed by atoms with Crippen LogP contribution < -0.4 is 5.32 Å². The van der Waals surface area contributed by atoms with Crippen LogP contribution in [0.1, 0.15) is 15.9 Å². The van der Waals surface area contributed by atoms with Gasteiger partial charge in [0.25, 0.3) is 5.91 Å². The van der Waals surface area contributed by atoms with Gasteiger partial charge in [0.2, 0.25) is 0 Å². The smallest absolute Gasteiger partial charge is 0.320 e. The van der Waals surface area contributed by atoms with E-state index in [9.17, 15) is 22.4 Å². The van der Waals surface area contributed by atoms with Gasteiger partial charge >= 0.3 is 6.18 Å². The van der Waals surface area contributed by atoms with Gasteiger partial charge in [-0.3, -0.25) is 4.79 Å². The monoisotopic (exact) mass is 427 g/mol. The highest BCUT2D eigenvalue weighted by Crippen LogP contribution is 2.33. The van der Waals surface area contributed by atoms with Gasteiger partial charge in [-0.2, -0.15) is 18.3 Å². The van der Waals surface area contributed by atoms with Crippen molar-refractivity contribution in [2.24, 2.45) is 0 Å². The molecule has 3 aromatic rings. The number of halogens is 5. The Labute approximate surface area is 153 Å². The summed E-state index contributed by atoms with van der Waals surface area (Å²) in [7, 11) is 0. The first-order chi connectivity index (χ1) is 12.3. The average molecular weight is 428 g/mol. The van der Waals surface area contributed by atoms with Crippen LogP contribution in [0.15, 0.2) is 59.3 Å². The summed E-state index contributed by atoms with van der Waals surface area (Å²) in [6.45, 7) is 0. The van der Waals surface area contributed by atoms with E-state index in [1.807, 2.05) is 0 Å². The third kappa shape index (κ3) is 3.77. The summed E-state index contributed by atoms with van der Waals surface area (Å²) in [6.07, 6.45) is -1.61. The Hall–Kier alpha value is -2.68. The first-order valence-electron chi connectivity index (χ1n) is 7.23. The zero-order valence-electron chi connectivity index (χ0n) is 12.9. The Morgan fingerprint density at radius 3 is 2.58 bits per heavy atom. The molecule has 3 rings (SSSR count). The number of hydrogen-bond acceptors (Lipinski definition) is 2. The van der Waals surface area contributed by atoms with Crippen LogP contribution in [0.4, 0.5) is 23.2 Å². The quantitative estimate of drug-likeness (QED) is 0.594. The molecule has 0 aliphatic heterocycles. The summed E-state index contributed by atoms with van der Waals surface area (Å²) >= 11 is 3.12. The van der Waals surface area contributed by atoms with Crippen molar-refractivity contribution in [3.05, 3.63) is 76.3 Å². The molecule has 0 aliphatic carbocycles. The van der Waals surface area contributed by atoms with Crippen molar-refractivity contribution in [3.8, 4) is 5.69 Å². The Morgan fingerprint density at radius 2 is 1.92 bits per heavy atom. The predicted molar refractivity (Wildman–Crippen MR) is 90.6 cm³/mol. The molecule has 2 aromatic carbocycles. The van der Waals surface area contributed by atoms with Gasteiger partial charge in [-0.25, -0.2) is 9.07 Å². The minimum atomic E-state index is -4.58. The highest BCUT2D eigenvalue weighted by molar-refractivity contribution is 9.10. The highest BCUT2D eigenvalue weighted by atomic mass is 79.9. The van der Waals surface area contributed by atoms with Gasteiger partial charge in [-0.1, -0.05) is 0 Å². The fourth-order valence-electron chi connectivity index (χ4n) is 2.28. The Bertz CT molecular complexity index is 955. The van der Waals surface area contributed by atoms with Crippen LogP contribution in [-0.4, -0.2) is 15.7 Å². The SMILES string of the molecule is O=C(Nc1cc(C(F)(F)F)ccc1-n1cccn1)c1cc(F)ccc1Br. The Balaban J connectivity index is 2.04. The molecule has 1 N–H and O–H groups in total. The predicted octanol–water partition coefficient (Wildman–Crippen LogP) is 5.05. The summed E-state index contributed by atoms with van der Waals surface area (Å²) in [4.78, 5) is 12.5. The van der Waals surface area contributed by atoms with Crippen molar-refractivity contribution in [2.75, 3.05) is 5.32 Å². The van der Waals surface area contributed by atoms with Crippen molar-refractivity contribution in [3.63, 3.8) is 0 Å². The van der Waals surface area contributed by atoms with Gasteiger partial charge in [-0.05, 0) is 58.4 Å². The van der Waals surface area contributed by atoms with Crippen molar-refractivity contribution in [1.29, 1.82) is 0 Å². The summed E-state index contributed by atoms with van der Waals surface area (Å²) < 4.78 is 54.1. The molecule has 0 saturated carbocycles. The third-order valence-corrected chi connectivity index (χ3v) is 4.19. The molecule has 0 spiro atoms. The molecule has 0 bridgehead atoms. The Kier molecular flexibility index (Phi) is 4.82. The minimum Gasteiger partial charge on any atom is -0.320 e. The van der Waals surface area contributed by atoms with Gasteiger partial charge in [0.1, 0.15) is 5.82 Å². The molecule has 0 fully saturated rings. The molecule has 0 radical (unpaired) electrons. The van der Waals surface area contributed by atoms with Gasteiger partial charge in [0.15, 0.2) is 0 Å². The van der Waals surface area contributed by atoms with E-state index in [1.54, 1.807) is 6.07 Å². The minimum absolute atomic E-state index is 0.0474. The van der Waals surface area contributed by atoms with Crippen LogP contribution in [0, 0.1) is 5.82 Å². The van der Waals surface area contributed by atoms with Crippen LogP contribution in [0.5, 0.6) is 0 Å². The van der Waals surface area contributed by atoms with E-state index in [1.165, 1.54) is 29.2 Å². The zero-order chi connectivity index (χ0) is 18.9. The van der Waals surface area contributed by atoms with Crippen molar-refractivity contribution >= 4 is 27.5 Å². The van der Waals surface area contributed by atoms with E-state index < -0.39 is 23.5 Å². The number of carbonyl (C=O) groups is 1. The molecule has 4 nitrogen and oxygen atoms in total. The number of alkyl halides is 3. The molecule has 134 valence electrons. The number of nitrogens with zero attached hydrogens (tertiary/aromatic N) is 2. The maximum absolute atomic E-state index is 13.4. The number of carbonyl (C=O) groups excluding carboxylic acids is 1. The lowest BCUT2D eigenvalue weighted by atomic mass is 10.1. The van der Waals surface area contributed by atoms with E-state index in [4.69, 9.17) is 0 Å². The lowest BCUT2D eigenvalue weighted by Crippen LogP contribution is -2.16. The topological polar surface area (TPSA) is 46.9 Å². The number of hydrogen-bond donors (Lipinski definition) is 1. The summed E-state index contributed by atoms with van der Waals surface area (Å²) in [5, 5.41) is 6.36. The average Bonchev–Trinajstić information content (AvgIpc) is 3.10. The molecule has 1 amide bonds. The van der Waals surface area contributed by atoms with E-state index in [0.717, 1.165) is 24.3 Å². The van der Waals surface area contributed by atoms with Crippen molar-refractivity contribution in [1.82, 2.24) is 9.78 Å². The molecule has 9 heteroatoms. The summed E-state index contributed by atoms with van der Waals surface area (Å²) in [5.41, 5.74) is -0.843. The molecule has 26 heavy (non-hydrogen) atoms. The number of benzene rings is 2. The number of nitrogens with one attached hydrogen (secondary N) is 1. The van der Waals surface area contributed by atoms with Crippen LogP contribution in [0.2, 0.25) is 0 Å². The van der Waals surface area contributed by atoms with Crippen LogP contribution in [0.25, 0.3) is 5.69 Å². The molecular weight excluding hydrogens is 418 g/mol. The lowest BCUT2D eigenvalue weighted by Gasteiger charge is -2.15. The van der Waals surface area contributed by atoms with Gasteiger partial charge < -0.3 is 5.32 Å². The first-order valence-corrected chi connectivity index (χ1v) is 8.02. The highest BCUT2D eigenvalue weighted by Gasteiger charge is 2.31. The standard InChI is InChI=1S/C17H10BrF4N3O/c18-13-4-3-11(19)9-12(13)16(26)24-14-8-10(17(20,21)22)2-5-15(14)25-7-1-6-23-25/h1-9H,(H,24,26). The van der Waals surface area contributed by atoms with Gasteiger partial charge in [-0.15, -0.1) is 0 Å². The molecule has 0 atom stereocenters. The first kappa shape index (κ1) is 18.1. The third-order valence-electron chi connectivity index (χ3n) is 3.50. The number of anilines is 1. The van der Waals surface area contributed by atoms with E-state index >= 15 is 0 Å². The number of rotatable bonds is 3. The molecule has 0 aliphatic rings. The molecule has 0 unspecified atom stereocenters. The van der Waals surface area contributed by atoms with E-state index in [2.05, 4.69) is 26.3 Å². The molecular formula is C17H10BrF4N3O. The van der Waals surface area contributed by atoms with Crippen molar-refractivity contribution < 1.29 is 22.4 Å². The molecule has 1 heterocycles. The lowest BCUT2D eigenvalue weighted by molar-refractivity contribution is -0.137. The summed E-state index contributed by atoms with van der Waals surface area (Å²) in [5.74, 6) is -1.40. The second kappa shape index (κ2) is 6.91. The van der Waals surface area contributed by atoms with E-state index in [0.29, 0.717) is 4.47 Å². The van der Waals surface area contributed by atoms with Gasteiger partial charge in [0.05, 0.1) is 22.5 Å². The molecule has 1 aromatic heterocycles. The molecule has 0 saturated heterocycles. The van der Waals surface area contributed by atoms with Gasteiger partial charge in [0, 0.05) is 16.9 Å². The largest absolute Gasteiger partial charge is 0.416 e. The normalized spacial score (nSPS) is 11.4. The fourth-order valence-corrected chi connectivity index (χ4v) is 2.71. The van der Waals surface area contributed by atoms with Crippen molar-refractivity contribution in [2.45, 2.75) is 6.18 Å². The van der Waals surface area contributed by atoms with E-state index in [-0.39, 0.29) is 16.9 Å². The maximum atomic E-state index is 13.4. The summed E-state index contributed by atoms with van der Waals surface area (Å²) in [6, 6.07) is 7.97. The van der Waals surface area contributed by atoms with Crippen LogP contribution >= 0.6 is 15.9 Å². The second-order valence-electron chi connectivity index (χ2n) is 5.26. The number of aromatic nitrogens is 2. The number of amides is 1.